The summed E-state index contributed by atoms with van der Waals surface area (Å²) in [6.07, 6.45) is -0.168. The highest BCUT2D eigenvalue weighted by molar-refractivity contribution is 7.89. The number of amides is 1. The van der Waals surface area contributed by atoms with Crippen LogP contribution in [0.1, 0.15) is 5.56 Å². The van der Waals surface area contributed by atoms with Crippen LogP contribution >= 0.6 is 0 Å². The van der Waals surface area contributed by atoms with Crippen LogP contribution in [0.25, 0.3) is 0 Å². The summed E-state index contributed by atoms with van der Waals surface area (Å²) in [5, 5.41) is 0. The molecule has 1 atom stereocenters. The largest absolute Gasteiger partial charge is 0.356 e. The van der Waals surface area contributed by atoms with E-state index in [2.05, 4.69) is 10.6 Å². The second kappa shape index (κ2) is 6.20. The number of carbonyl (C=O) groups is 1. The molecule has 0 radical (unpaired) electrons. The number of quaternary nitrogens is 1. The van der Waals surface area contributed by atoms with E-state index < -0.39 is 10.0 Å². The highest BCUT2D eigenvalue weighted by atomic mass is 32.2. The Morgan fingerprint density at radius 2 is 1.91 bits per heavy atom. The highest BCUT2D eigenvalue weighted by Gasteiger charge is 2.43. The molecule has 8 heteroatoms. The average molecular weight is 339 g/mol. The lowest BCUT2D eigenvalue weighted by Gasteiger charge is -2.38. The molecule has 7 nitrogen and oxygen atoms in total. The number of rotatable bonds is 4. The Kier molecular flexibility index (Phi) is 4.41. The molecular formula is C15H23N4O3S+. The molecule has 2 aliphatic heterocycles. The normalized spacial score (nSPS) is 23.3. The van der Waals surface area contributed by atoms with E-state index in [0.29, 0.717) is 13.1 Å². The van der Waals surface area contributed by atoms with Gasteiger partial charge >= 0.3 is 0 Å². The summed E-state index contributed by atoms with van der Waals surface area (Å²) in [6.45, 7) is 5.11. The topological polar surface area (TPSA) is 88.6 Å². The van der Waals surface area contributed by atoms with Gasteiger partial charge in [-0.2, -0.15) is 4.31 Å². The van der Waals surface area contributed by atoms with Crippen LogP contribution in [0.3, 0.4) is 0 Å². The predicted octanol–water partition coefficient (Wildman–Crippen LogP) is -1.29. The third-order valence-corrected chi connectivity index (χ3v) is 6.34. The van der Waals surface area contributed by atoms with Gasteiger partial charge in [0.1, 0.15) is 0 Å². The van der Waals surface area contributed by atoms with Crippen LogP contribution in [0.4, 0.5) is 0 Å². The van der Waals surface area contributed by atoms with Crippen molar-refractivity contribution < 1.29 is 18.9 Å². The van der Waals surface area contributed by atoms with Gasteiger partial charge in [-0.3, -0.25) is 9.69 Å². The first-order valence-corrected chi connectivity index (χ1v) is 9.27. The number of carbonyl (C=O) groups excluding carboxylic acids is 1. The molecule has 2 saturated heterocycles. The standard InChI is InChI=1S/C15H22N4O3S/c1-12-2-4-13(5-3-12)23(21,22)18-10-14-17(7-6-16)8-9-19(14)15(20)11-18/h2-5,14H,6-11,16H2,1H3/p+1. The minimum absolute atomic E-state index is 0.0784. The zero-order valence-electron chi connectivity index (χ0n) is 13.3. The molecule has 0 aromatic heterocycles. The quantitative estimate of drug-likeness (QED) is 0.739. The van der Waals surface area contributed by atoms with Crippen molar-refractivity contribution in [2.24, 2.45) is 0 Å². The minimum atomic E-state index is -3.65. The number of piperazine rings is 1. The molecule has 126 valence electrons. The Labute approximate surface area is 136 Å². The van der Waals surface area contributed by atoms with E-state index in [0.717, 1.165) is 25.2 Å². The maximum absolute atomic E-state index is 12.8. The van der Waals surface area contributed by atoms with Crippen molar-refractivity contribution in [2.45, 2.75) is 18.0 Å². The summed E-state index contributed by atoms with van der Waals surface area (Å²) >= 11 is 0. The van der Waals surface area contributed by atoms with Crippen LogP contribution in [-0.4, -0.2) is 73.9 Å². The number of aryl methyl sites for hydroxylation is 1. The molecule has 2 aliphatic rings. The molecule has 3 N–H and O–H groups in total. The number of hydrogen-bond donors (Lipinski definition) is 1. The van der Waals surface area contributed by atoms with Crippen molar-refractivity contribution in [1.29, 1.82) is 0 Å². The zero-order valence-corrected chi connectivity index (χ0v) is 14.1. The van der Waals surface area contributed by atoms with Crippen LogP contribution in [0.5, 0.6) is 0 Å². The minimum Gasteiger partial charge on any atom is -0.356 e. The van der Waals surface area contributed by atoms with E-state index in [4.69, 9.17) is 0 Å². The second-order valence-corrected chi connectivity index (χ2v) is 8.01. The van der Waals surface area contributed by atoms with E-state index >= 15 is 0 Å². The molecule has 0 saturated carbocycles. The van der Waals surface area contributed by atoms with E-state index in [1.807, 2.05) is 6.92 Å². The number of sulfonamides is 1. The van der Waals surface area contributed by atoms with Gasteiger partial charge in [0, 0.05) is 26.2 Å². The van der Waals surface area contributed by atoms with Crippen molar-refractivity contribution in [2.75, 3.05) is 39.3 Å². The van der Waals surface area contributed by atoms with Gasteiger partial charge in [0.2, 0.25) is 15.9 Å². The fourth-order valence-electron chi connectivity index (χ4n) is 3.23. The third kappa shape index (κ3) is 2.99. The molecular weight excluding hydrogens is 316 g/mol. The SMILES string of the molecule is Cc1ccc(S(=O)(=O)N2CC(=O)N3CCN(CC[NH3+])C3C2)cc1. The van der Waals surface area contributed by atoms with Gasteiger partial charge in [-0.1, -0.05) is 17.7 Å². The first kappa shape index (κ1) is 16.4. The van der Waals surface area contributed by atoms with Crippen LogP contribution in [0, 0.1) is 6.92 Å². The van der Waals surface area contributed by atoms with Crippen LogP contribution in [0.15, 0.2) is 29.2 Å². The predicted molar refractivity (Wildman–Crippen MR) is 84.8 cm³/mol. The van der Waals surface area contributed by atoms with Crippen molar-refractivity contribution in [3.8, 4) is 0 Å². The molecule has 1 aromatic rings. The lowest BCUT2D eigenvalue weighted by Crippen LogP contribution is -2.61. The molecule has 1 aromatic carbocycles. The maximum Gasteiger partial charge on any atom is 0.243 e. The number of benzene rings is 1. The number of nitrogens with zero attached hydrogens (tertiary/aromatic N) is 3. The van der Waals surface area contributed by atoms with Crippen LogP contribution in [-0.2, 0) is 14.8 Å². The Bertz CT molecular complexity index is 689. The molecule has 2 heterocycles. The summed E-state index contributed by atoms with van der Waals surface area (Å²) in [4.78, 5) is 16.5. The summed E-state index contributed by atoms with van der Waals surface area (Å²) < 4.78 is 27.0. The lowest BCUT2D eigenvalue weighted by molar-refractivity contribution is -0.369. The van der Waals surface area contributed by atoms with E-state index in [9.17, 15) is 13.2 Å². The monoisotopic (exact) mass is 339 g/mol. The van der Waals surface area contributed by atoms with Crippen LogP contribution < -0.4 is 5.73 Å². The van der Waals surface area contributed by atoms with Crippen molar-refractivity contribution in [3.05, 3.63) is 29.8 Å². The summed E-state index contributed by atoms with van der Waals surface area (Å²) in [5.74, 6) is -0.122. The molecule has 23 heavy (non-hydrogen) atoms. The molecule has 1 amide bonds. The Morgan fingerprint density at radius 3 is 2.57 bits per heavy atom. The third-order valence-electron chi connectivity index (χ3n) is 4.51. The second-order valence-electron chi connectivity index (χ2n) is 6.07. The van der Waals surface area contributed by atoms with E-state index in [-0.39, 0.29) is 23.5 Å². The molecule has 0 spiro atoms. The van der Waals surface area contributed by atoms with E-state index in [1.165, 1.54) is 4.31 Å². The van der Waals surface area contributed by atoms with Crippen molar-refractivity contribution in [3.63, 3.8) is 0 Å². The smallest absolute Gasteiger partial charge is 0.243 e. The average Bonchev–Trinajstić information content (AvgIpc) is 2.92. The zero-order chi connectivity index (χ0) is 16.6. The number of hydrogen-bond acceptors (Lipinski definition) is 4. The van der Waals surface area contributed by atoms with Gasteiger partial charge < -0.3 is 10.6 Å². The molecule has 3 rings (SSSR count). The Morgan fingerprint density at radius 1 is 1.22 bits per heavy atom. The summed E-state index contributed by atoms with van der Waals surface area (Å²) in [5.41, 5.74) is 4.85. The van der Waals surface area contributed by atoms with Gasteiger partial charge in [-0.05, 0) is 19.1 Å². The van der Waals surface area contributed by atoms with Gasteiger partial charge in [-0.15, -0.1) is 0 Å². The summed E-state index contributed by atoms with van der Waals surface area (Å²) in [7, 11) is -3.65. The van der Waals surface area contributed by atoms with Gasteiger partial charge in [0.05, 0.1) is 24.2 Å². The molecule has 2 fully saturated rings. The fourth-order valence-corrected chi connectivity index (χ4v) is 4.62. The molecule has 1 unspecified atom stereocenters. The van der Waals surface area contributed by atoms with Gasteiger partial charge in [0.15, 0.2) is 0 Å². The van der Waals surface area contributed by atoms with Gasteiger partial charge in [-0.25, -0.2) is 8.42 Å². The molecule has 0 bridgehead atoms. The van der Waals surface area contributed by atoms with E-state index in [1.54, 1.807) is 29.2 Å². The van der Waals surface area contributed by atoms with Crippen molar-refractivity contribution in [1.82, 2.24) is 14.1 Å². The lowest BCUT2D eigenvalue weighted by atomic mass is 10.2. The fraction of sp³-hybridized carbons (Fsp3) is 0.533. The van der Waals surface area contributed by atoms with Crippen molar-refractivity contribution >= 4 is 15.9 Å². The first-order chi connectivity index (χ1) is 10.9. The molecule has 0 aliphatic carbocycles. The Balaban J connectivity index is 1.85. The number of fused-ring (bicyclic) bond motifs is 1. The highest BCUT2D eigenvalue weighted by Crippen LogP contribution is 2.25. The Hall–Kier alpha value is -1.48. The van der Waals surface area contributed by atoms with Gasteiger partial charge in [0.25, 0.3) is 0 Å². The van der Waals surface area contributed by atoms with Crippen LogP contribution in [0.2, 0.25) is 0 Å². The maximum atomic E-state index is 12.8. The first-order valence-electron chi connectivity index (χ1n) is 7.83. The summed E-state index contributed by atoms with van der Waals surface area (Å²) in [6, 6.07) is 6.75.